The van der Waals surface area contributed by atoms with Crippen LogP contribution in [0.5, 0.6) is 0 Å². The van der Waals surface area contributed by atoms with Gasteiger partial charge >= 0.3 is 0 Å². The Morgan fingerprint density at radius 2 is 1.20 bits per heavy atom. The lowest BCUT2D eigenvalue weighted by atomic mass is 9.76. The van der Waals surface area contributed by atoms with Gasteiger partial charge in [0.15, 0.2) is 0 Å². The van der Waals surface area contributed by atoms with Gasteiger partial charge in [0.25, 0.3) is 0 Å². The van der Waals surface area contributed by atoms with Crippen molar-refractivity contribution in [3.05, 3.63) is 186 Å². The second-order valence-corrected chi connectivity index (χ2v) is 12.2. The number of nitrogens with zero attached hydrogens (tertiary/aromatic N) is 2. The molecule has 0 aliphatic carbocycles. The number of aliphatic hydroxyl groups is 1. The van der Waals surface area contributed by atoms with E-state index < -0.39 is 11.1 Å². The Balaban J connectivity index is 1.47. The molecule has 1 heterocycles. The maximum Gasteiger partial charge on any atom is 0.224 e. The standard InChI is InChI=1S/C41H39N3O2/c1-29(2)41(46,37-24-22-31(23-25-37)33-15-13-14-32(26-33)30(3)39(42)45)38-27-44(28-43-38)40(34-16-7-4-8-17-34,35-18-9-5-10-19-35)36-20-11-6-12-21-36/h4-30,46H,1-3H3,(H2,42,45). The summed E-state index contributed by atoms with van der Waals surface area (Å²) in [5.41, 5.74) is 10.9. The van der Waals surface area contributed by atoms with Crippen LogP contribution in [0.3, 0.4) is 0 Å². The molecule has 1 aromatic heterocycles. The van der Waals surface area contributed by atoms with Crippen LogP contribution in [0.1, 0.15) is 60.2 Å². The topological polar surface area (TPSA) is 81.1 Å². The van der Waals surface area contributed by atoms with E-state index >= 15 is 0 Å². The third-order valence-electron chi connectivity index (χ3n) is 9.24. The summed E-state index contributed by atoms with van der Waals surface area (Å²) in [5, 5.41) is 12.5. The predicted molar refractivity (Wildman–Crippen MR) is 184 cm³/mol. The number of primary amides is 1. The summed E-state index contributed by atoms with van der Waals surface area (Å²) < 4.78 is 2.13. The summed E-state index contributed by atoms with van der Waals surface area (Å²) in [6, 6.07) is 47.1. The van der Waals surface area contributed by atoms with Crippen LogP contribution >= 0.6 is 0 Å². The fourth-order valence-corrected chi connectivity index (χ4v) is 6.53. The fraction of sp³-hybridized carbons (Fsp3) is 0.171. The van der Waals surface area contributed by atoms with Crippen molar-refractivity contribution in [2.75, 3.05) is 0 Å². The molecule has 5 nitrogen and oxygen atoms in total. The molecule has 0 radical (unpaired) electrons. The first-order chi connectivity index (χ1) is 22.3. The molecule has 2 unspecified atom stereocenters. The van der Waals surface area contributed by atoms with Gasteiger partial charge in [-0.1, -0.05) is 153 Å². The number of aromatic nitrogens is 2. The quantitative estimate of drug-likeness (QED) is 0.156. The molecule has 0 fully saturated rings. The molecule has 1 amide bonds. The highest BCUT2D eigenvalue weighted by atomic mass is 16.3. The number of hydrogen-bond acceptors (Lipinski definition) is 3. The van der Waals surface area contributed by atoms with E-state index in [0.29, 0.717) is 5.69 Å². The van der Waals surface area contributed by atoms with Gasteiger partial charge in [0.1, 0.15) is 11.1 Å². The lowest BCUT2D eigenvalue weighted by Crippen LogP contribution is -2.37. The van der Waals surface area contributed by atoms with Crippen LogP contribution in [0.15, 0.2) is 152 Å². The Labute approximate surface area is 271 Å². The van der Waals surface area contributed by atoms with Crippen LogP contribution in [-0.2, 0) is 15.9 Å². The van der Waals surface area contributed by atoms with Crippen molar-refractivity contribution < 1.29 is 9.90 Å². The van der Waals surface area contributed by atoms with E-state index in [0.717, 1.165) is 38.9 Å². The lowest BCUT2D eigenvalue weighted by Gasteiger charge is -2.37. The van der Waals surface area contributed by atoms with Crippen molar-refractivity contribution in [3.8, 4) is 11.1 Å². The van der Waals surface area contributed by atoms with Crippen LogP contribution in [-0.4, -0.2) is 20.6 Å². The zero-order chi connectivity index (χ0) is 32.3. The zero-order valence-electron chi connectivity index (χ0n) is 26.4. The van der Waals surface area contributed by atoms with E-state index in [1.165, 1.54) is 0 Å². The lowest BCUT2D eigenvalue weighted by molar-refractivity contribution is -0.119. The van der Waals surface area contributed by atoms with Gasteiger partial charge in [-0.05, 0) is 51.8 Å². The van der Waals surface area contributed by atoms with Crippen molar-refractivity contribution in [3.63, 3.8) is 0 Å². The number of amides is 1. The molecule has 0 aliphatic heterocycles. The van der Waals surface area contributed by atoms with Crippen LogP contribution in [0, 0.1) is 5.92 Å². The van der Waals surface area contributed by atoms with Crippen molar-refractivity contribution in [2.45, 2.75) is 37.8 Å². The van der Waals surface area contributed by atoms with Crippen molar-refractivity contribution in [1.82, 2.24) is 9.55 Å². The third kappa shape index (κ3) is 5.33. The summed E-state index contributed by atoms with van der Waals surface area (Å²) in [6.07, 6.45) is 3.84. The molecule has 0 spiro atoms. The van der Waals surface area contributed by atoms with Crippen molar-refractivity contribution in [2.24, 2.45) is 11.7 Å². The van der Waals surface area contributed by atoms with E-state index in [1.807, 2.05) is 100 Å². The van der Waals surface area contributed by atoms with Crippen LogP contribution in [0.25, 0.3) is 11.1 Å². The second kappa shape index (κ2) is 12.6. The van der Waals surface area contributed by atoms with E-state index in [1.54, 1.807) is 0 Å². The zero-order valence-corrected chi connectivity index (χ0v) is 26.4. The molecule has 0 aliphatic rings. The molecule has 0 bridgehead atoms. The molecule has 6 rings (SSSR count). The number of carbonyl (C=O) groups is 1. The van der Waals surface area contributed by atoms with Crippen LogP contribution in [0.4, 0.5) is 0 Å². The highest BCUT2D eigenvalue weighted by Gasteiger charge is 2.42. The smallest absolute Gasteiger partial charge is 0.224 e. The van der Waals surface area contributed by atoms with Gasteiger partial charge in [0.2, 0.25) is 5.91 Å². The van der Waals surface area contributed by atoms with E-state index in [-0.39, 0.29) is 17.7 Å². The number of imidazole rings is 1. The second-order valence-electron chi connectivity index (χ2n) is 12.2. The number of carbonyl (C=O) groups excluding carboxylic acids is 1. The predicted octanol–water partition coefficient (Wildman–Crippen LogP) is 7.87. The van der Waals surface area contributed by atoms with Gasteiger partial charge < -0.3 is 15.4 Å². The van der Waals surface area contributed by atoms with Crippen molar-refractivity contribution >= 4 is 5.91 Å². The summed E-state index contributed by atoms with van der Waals surface area (Å²) in [6.45, 7) is 5.84. The first-order valence-corrected chi connectivity index (χ1v) is 15.7. The number of nitrogens with two attached hydrogens (primary N) is 1. The van der Waals surface area contributed by atoms with Gasteiger partial charge in [-0.3, -0.25) is 4.79 Å². The highest BCUT2D eigenvalue weighted by Crippen LogP contribution is 2.43. The number of rotatable bonds is 10. The third-order valence-corrected chi connectivity index (χ3v) is 9.24. The Morgan fingerprint density at radius 3 is 1.67 bits per heavy atom. The van der Waals surface area contributed by atoms with Crippen LogP contribution in [0.2, 0.25) is 0 Å². The average molecular weight is 606 g/mol. The Kier molecular flexibility index (Phi) is 8.44. The Morgan fingerprint density at radius 1 is 0.674 bits per heavy atom. The molecule has 5 aromatic carbocycles. The average Bonchev–Trinajstić information content (AvgIpc) is 3.60. The molecule has 5 heteroatoms. The Hall–Kier alpha value is -5.26. The molecular weight excluding hydrogens is 566 g/mol. The summed E-state index contributed by atoms with van der Waals surface area (Å²) in [7, 11) is 0. The summed E-state index contributed by atoms with van der Waals surface area (Å²) in [5.74, 6) is -0.916. The normalized spacial score (nSPS) is 13.7. The highest BCUT2D eigenvalue weighted by molar-refractivity contribution is 5.82. The fourth-order valence-electron chi connectivity index (χ4n) is 6.53. The molecular formula is C41H39N3O2. The van der Waals surface area contributed by atoms with Gasteiger partial charge in [-0.25, -0.2) is 4.98 Å². The molecule has 3 N–H and O–H groups in total. The molecule has 0 saturated heterocycles. The molecule has 230 valence electrons. The molecule has 2 atom stereocenters. The minimum atomic E-state index is -1.36. The van der Waals surface area contributed by atoms with Gasteiger partial charge in [-0.15, -0.1) is 0 Å². The number of hydrogen-bond donors (Lipinski definition) is 2. The maximum atomic E-state index is 12.5. The molecule has 0 saturated carbocycles. The molecule has 6 aromatic rings. The van der Waals surface area contributed by atoms with Crippen LogP contribution < -0.4 is 5.73 Å². The maximum absolute atomic E-state index is 12.5. The minimum Gasteiger partial charge on any atom is -0.378 e. The van der Waals surface area contributed by atoms with E-state index in [9.17, 15) is 9.90 Å². The first-order valence-electron chi connectivity index (χ1n) is 15.7. The number of benzene rings is 5. The molecule has 46 heavy (non-hydrogen) atoms. The minimum absolute atomic E-state index is 0.180. The summed E-state index contributed by atoms with van der Waals surface area (Å²) >= 11 is 0. The van der Waals surface area contributed by atoms with Gasteiger partial charge in [-0.2, -0.15) is 0 Å². The van der Waals surface area contributed by atoms with E-state index in [2.05, 4.69) is 77.4 Å². The monoisotopic (exact) mass is 605 g/mol. The van der Waals surface area contributed by atoms with Gasteiger partial charge in [0, 0.05) is 6.20 Å². The SMILES string of the molecule is CC(C(N)=O)c1cccc(-c2ccc(C(O)(c3cn(C(c4ccccc4)(c4ccccc4)c4ccccc4)cn3)C(C)C)cc2)c1. The first kappa shape index (κ1) is 30.8. The Bertz CT molecular complexity index is 1820. The largest absolute Gasteiger partial charge is 0.378 e. The van der Waals surface area contributed by atoms with E-state index in [4.69, 9.17) is 10.7 Å². The summed E-state index contributed by atoms with van der Waals surface area (Å²) in [4.78, 5) is 16.7. The van der Waals surface area contributed by atoms with Gasteiger partial charge in [0.05, 0.1) is 17.9 Å². The van der Waals surface area contributed by atoms with Crippen molar-refractivity contribution in [1.29, 1.82) is 0 Å².